The van der Waals surface area contributed by atoms with Gasteiger partial charge in [0.05, 0.1) is 25.5 Å². The molecule has 4 rings (SSSR count). The summed E-state index contributed by atoms with van der Waals surface area (Å²) in [5.74, 6) is 0.114. The van der Waals surface area contributed by atoms with E-state index in [1.807, 2.05) is 42.3 Å². The molecule has 0 radical (unpaired) electrons. The van der Waals surface area contributed by atoms with Crippen LogP contribution in [0.3, 0.4) is 0 Å². The SMILES string of the molecule is CN1CC[C@@H](C(=O)N2CCO[C@@](COc3ccc(F)cc3)(CC(=O)N(C)Cc3ccccc3)C2)C1. The van der Waals surface area contributed by atoms with Gasteiger partial charge >= 0.3 is 0 Å². The largest absolute Gasteiger partial charge is 0.490 e. The van der Waals surface area contributed by atoms with Gasteiger partial charge < -0.3 is 24.2 Å². The molecule has 188 valence electrons. The minimum atomic E-state index is -0.991. The highest BCUT2D eigenvalue weighted by Crippen LogP contribution is 2.28. The molecule has 2 heterocycles. The van der Waals surface area contributed by atoms with Crippen molar-refractivity contribution in [2.24, 2.45) is 5.92 Å². The Labute approximate surface area is 206 Å². The van der Waals surface area contributed by atoms with Crippen molar-refractivity contribution in [3.05, 3.63) is 66.0 Å². The van der Waals surface area contributed by atoms with Crippen LogP contribution in [0.25, 0.3) is 0 Å². The van der Waals surface area contributed by atoms with Crippen molar-refractivity contribution in [1.82, 2.24) is 14.7 Å². The minimum absolute atomic E-state index is 0.0368. The second-order valence-electron chi connectivity index (χ2n) is 9.69. The van der Waals surface area contributed by atoms with Crippen LogP contribution in [-0.2, 0) is 20.9 Å². The predicted molar refractivity (Wildman–Crippen MR) is 130 cm³/mol. The van der Waals surface area contributed by atoms with Crippen LogP contribution in [0.15, 0.2) is 54.6 Å². The molecule has 0 aromatic heterocycles. The fourth-order valence-electron chi connectivity index (χ4n) is 4.77. The van der Waals surface area contributed by atoms with Gasteiger partial charge in [-0.05, 0) is 49.8 Å². The van der Waals surface area contributed by atoms with Crippen molar-refractivity contribution in [3.63, 3.8) is 0 Å². The van der Waals surface area contributed by atoms with Crippen molar-refractivity contribution < 1.29 is 23.5 Å². The quantitative estimate of drug-likeness (QED) is 0.578. The zero-order chi connectivity index (χ0) is 24.8. The molecule has 0 unspecified atom stereocenters. The maximum atomic E-state index is 13.3. The van der Waals surface area contributed by atoms with Crippen LogP contribution in [0.2, 0.25) is 0 Å². The lowest BCUT2D eigenvalue weighted by atomic mass is 9.95. The number of hydrogen-bond acceptors (Lipinski definition) is 5. The number of amides is 2. The lowest BCUT2D eigenvalue weighted by molar-refractivity contribution is -0.167. The summed E-state index contributed by atoms with van der Waals surface area (Å²) >= 11 is 0. The van der Waals surface area contributed by atoms with Crippen molar-refractivity contribution in [3.8, 4) is 5.75 Å². The first-order valence-corrected chi connectivity index (χ1v) is 12.1. The van der Waals surface area contributed by atoms with Gasteiger partial charge in [-0.25, -0.2) is 4.39 Å². The third-order valence-electron chi connectivity index (χ3n) is 6.78. The Balaban J connectivity index is 1.48. The number of hydrogen-bond donors (Lipinski definition) is 0. The van der Waals surface area contributed by atoms with Crippen LogP contribution < -0.4 is 4.74 Å². The second-order valence-corrected chi connectivity index (χ2v) is 9.69. The Morgan fingerprint density at radius 3 is 2.57 bits per heavy atom. The van der Waals surface area contributed by atoms with Gasteiger partial charge in [0.1, 0.15) is 23.8 Å². The molecular weight excluding hydrogens is 449 g/mol. The van der Waals surface area contributed by atoms with Crippen LogP contribution in [0.5, 0.6) is 5.75 Å². The Bertz CT molecular complexity index is 1000. The van der Waals surface area contributed by atoms with E-state index in [9.17, 15) is 14.0 Å². The molecule has 35 heavy (non-hydrogen) atoms. The van der Waals surface area contributed by atoms with E-state index in [4.69, 9.17) is 9.47 Å². The van der Waals surface area contributed by atoms with Crippen LogP contribution >= 0.6 is 0 Å². The molecule has 0 N–H and O–H groups in total. The molecule has 0 saturated carbocycles. The van der Waals surface area contributed by atoms with Gasteiger partial charge in [-0.3, -0.25) is 9.59 Å². The molecule has 7 nitrogen and oxygen atoms in total. The van der Waals surface area contributed by atoms with E-state index in [-0.39, 0.29) is 43.1 Å². The molecule has 0 spiro atoms. The average molecular weight is 484 g/mol. The first kappa shape index (κ1) is 25.1. The summed E-state index contributed by atoms with van der Waals surface area (Å²) in [7, 11) is 3.79. The molecule has 2 atom stereocenters. The van der Waals surface area contributed by atoms with Gasteiger partial charge in [-0.1, -0.05) is 30.3 Å². The summed E-state index contributed by atoms with van der Waals surface area (Å²) in [6.45, 7) is 3.31. The molecule has 2 saturated heterocycles. The monoisotopic (exact) mass is 483 g/mol. The molecule has 2 amide bonds. The normalized spacial score (nSPS) is 22.7. The van der Waals surface area contributed by atoms with Gasteiger partial charge in [-0.15, -0.1) is 0 Å². The van der Waals surface area contributed by atoms with Gasteiger partial charge in [-0.2, -0.15) is 0 Å². The molecule has 8 heteroatoms. The van der Waals surface area contributed by atoms with E-state index in [2.05, 4.69) is 4.90 Å². The molecule has 2 aliphatic rings. The Morgan fingerprint density at radius 2 is 1.89 bits per heavy atom. The number of ether oxygens (including phenoxy) is 2. The molecule has 2 aromatic carbocycles. The zero-order valence-electron chi connectivity index (χ0n) is 20.5. The van der Waals surface area contributed by atoms with E-state index in [1.54, 1.807) is 24.1 Å². The smallest absolute Gasteiger partial charge is 0.227 e. The van der Waals surface area contributed by atoms with E-state index < -0.39 is 5.60 Å². The van der Waals surface area contributed by atoms with Gasteiger partial charge in [0.25, 0.3) is 0 Å². The number of carbonyl (C=O) groups is 2. The first-order chi connectivity index (χ1) is 16.8. The molecular formula is C27H34FN3O4. The van der Waals surface area contributed by atoms with E-state index >= 15 is 0 Å². The molecule has 0 aliphatic carbocycles. The highest BCUT2D eigenvalue weighted by Gasteiger charge is 2.43. The Hall–Kier alpha value is -2.97. The van der Waals surface area contributed by atoms with Crippen molar-refractivity contribution >= 4 is 11.8 Å². The van der Waals surface area contributed by atoms with Gasteiger partial charge in [0, 0.05) is 26.7 Å². The summed E-state index contributed by atoms with van der Waals surface area (Å²) in [6, 6.07) is 15.5. The Morgan fingerprint density at radius 1 is 1.14 bits per heavy atom. The van der Waals surface area contributed by atoms with Crippen LogP contribution in [0, 0.1) is 11.7 Å². The minimum Gasteiger partial charge on any atom is -0.490 e. The molecule has 2 aromatic rings. The van der Waals surface area contributed by atoms with E-state index in [1.165, 1.54) is 12.1 Å². The van der Waals surface area contributed by atoms with E-state index in [0.29, 0.717) is 25.4 Å². The highest BCUT2D eigenvalue weighted by atomic mass is 19.1. The van der Waals surface area contributed by atoms with Gasteiger partial charge in [0.15, 0.2) is 0 Å². The highest BCUT2D eigenvalue weighted by molar-refractivity contribution is 5.80. The fraction of sp³-hybridized carbons (Fsp3) is 0.481. The predicted octanol–water partition coefficient (Wildman–Crippen LogP) is 2.80. The lowest BCUT2D eigenvalue weighted by Crippen LogP contribution is -2.59. The topological polar surface area (TPSA) is 62.3 Å². The summed E-state index contributed by atoms with van der Waals surface area (Å²) in [6.07, 6.45) is 0.913. The number of morpholine rings is 1. The van der Waals surface area contributed by atoms with Crippen molar-refractivity contribution in [1.29, 1.82) is 0 Å². The third-order valence-corrected chi connectivity index (χ3v) is 6.78. The van der Waals surface area contributed by atoms with E-state index in [0.717, 1.165) is 25.1 Å². The number of rotatable bonds is 8. The first-order valence-electron chi connectivity index (χ1n) is 12.1. The second kappa shape index (κ2) is 11.2. The summed E-state index contributed by atoms with van der Waals surface area (Å²) in [4.78, 5) is 32.2. The maximum Gasteiger partial charge on any atom is 0.227 e. The standard InChI is InChI=1S/C27H34FN3O4/c1-29-13-12-22(18-29)26(33)31-14-15-35-27(19-31,20-34-24-10-8-23(28)9-11-24)16-25(32)30(2)17-21-6-4-3-5-7-21/h3-11,22H,12-20H2,1-2H3/t22-,27+/m1/s1. The molecule has 2 aliphatic heterocycles. The third kappa shape index (κ3) is 6.58. The maximum absolute atomic E-state index is 13.3. The molecule has 2 fully saturated rings. The van der Waals surface area contributed by atoms with Crippen LogP contribution in [-0.4, -0.2) is 85.6 Å². The summed E-state index contributed by atoms with van der Waals surface area (Å²) < 4.78 is 25.5. The molecule has 0 bridgehead atoms. The van der Waals surface area contributed by atoms with Crippen molar-refractivity contribution in [2.45, 2.75) is 25.0 Å². The van der Waals surface area contributed by atoms with Crippen molar-refractivity contribution in [2.75, 3.05) is 53.5 Å². The van der Waals surface area contributed by atoms with Crippen LogP contribution in [0.4, 0.5) is 4.39 Å². The number of nitrogens with zero attached hydrogens (tertiary/aromatic N) is 3. The summed E-state index contributed by atoms with van der Waals surface area (Å²) in [5.41, 5.74) is 0.0427. The van der Waals surface area contributed by atoms with Gasteiger partial charge in [0.2, 0.25) is 11.8 Å². The Kier molecular flexibility index (Phi) is 8.03. The fourth-order valence-corrected chi connectivity index (χ4v) is 4.77. The number of benzene rings is 2. The number of halogens is 1. The summed E-state index contributed by atoms with van der Waals surface area (Å²) in [5, 5.41) is 0. The van der Waals surface area contributed by atoms with Crippen LogP contribution in [0.1, 0.15) is 18.4 Å². The number of carbonyl (C=O) groups excluding carboxylic acids is 2. The lowest BCUT2D eigenvalue weighted by Gasteiger charge is -2.43. The number of likely N-dealkylation sites (tertiary alicyclic amines) is 1. The zero-order valence-corrected chi connectivity index (χ0v) is 20.5. The average Bonchev–Trinajstić information content (AvgIpc) is 3.30.